The Morgan fingerprint density at radius 2 is 2.18 bits per heavy atom. The van der Waals surface area contributed by atoms with E-state index in [1.54, 1.807) is 18.9 Å². The number of carbonyl (C=O) groups is 1. The van der Waals surface area contributed by atoms with Crippen molar-refractivity contribution in [3.63, 3.8) is 0 Å². The van der Waals surface area contributed by atoms with Gasteiger partial charge in [-0.25, -0.2) is 0 Å². The molecule has 1 N–H and O–H groups in total. The zero-order valence-electron chi connectivity index (χ0n) is 7.50. The molecule has 0 saturated carbocycles. The molecular weight excluding hydrogens is 142 g/mol. The normalized spacial score (nSPS) is 12.7. The molecule has 0 spiro atoms. The van der Waals surface area contributed by atoms with Crippen molar-refractivity contribution in [3.8, 4) is 0 Å². The molecular formula is C8H17NO2. The van der Waals surface area contributed by atoms with E-state index in [0.717, 1.165) is 0 Å². The SMILES string of the molecule is CCC(=O)N(C)CCC(C)O. The lowest BCUT2D eigenvalue weighted by molar-refractivity contribution is -0.129. The highest BCUT2D eigenvalue weighted by molar-refractivity contribution is 5.75. The second-order valence-corrected chi connectivity index (χ2v) is 2.81. The molecule has 1 unspecified atom stereocenters. The second-order valence-electron chi connectivity index (χ2n) is 2.81. The quantitative estimate of drug-likeness (QED) is 0.653. The van der Waals surface area contributed by atoms with Crippen LogP contribution in [0.25, 0.3) is 0 Å². The number of amides is 1. The van der Waals surface area contributed by atoms with Gasteiger partial charge in [0.15, 0.2) is 0 Å². The van der Waals surface area contributed by atoms with Crippen molar-refractivity contribution in [2.45, 2.75) is 32.8 Å². The first kappa shape index (κ1) is 10.4. The Hall–Kier alpha value is -0.570. The van der Waals surface area contributed by atoms with E-state index in [-0.39, 0.29) is 12.0 Å². The van der Waals surface area contributed by atoms with Gasteiger partial charge in [-0.2, -0.15) is 0 Å². The van der Waals surface area contributed by atoms with Crippen molar-refractivity contribution in [1.82, 2.24) is 4.90 Å². The molecule has 0 rings (SSSR count). The van der Waals surface area contributed by atoms with E-state index >= 15 is 0 Å². The summed E-state index contributed by atoms with van der Waals surface area (Å²) in [7, 11) is 1.76. The molecule has 3 heteroatoms. The van der Waals surface area contributed by atoms with Crippen LogP contribution in [0.2, 0.25) is 0 Å². The fourth-order valence-electron chi connectivity index (χ4n) is 0.775. The smallest absolute Gasteiger partial charge is 0.222 e. The van der Waals surface area contributed by atoms with Crippen molar-refractivity contribution < 1.29 is 9.90 Å². The van der Waals surface area contributed by atoms with Gasteiger partial charge in [-0.05, 0) is 13.3 Å². The van der Waals surface area contributed by atoms with Crippen molar-refractivity contribution >= 4 is 5.91 Å². The largest absolute Gasteiger partial charge is 0.393 e. The minimum atomic E-state index is -0.317. The number of aliphatic hydroxyl groups excluding tert-OH is 1. The average Bonchev–Trinajstić information content (AvgIpc) is 1.98. The Morgan fingerprint density at radius 1 is 1.64 bits per heavy atom. The zero-order chi connectivity index (χ0) is 8.85. The predicted molar refractivity (Wildman–Crippen MR) is 44.2 cm³/mol. The number of carbonyl (C=O) groups excluding carboxylic acids is 1. The molecule has 0 saturated heterocycles. The molecule has 0 aromatic heterocycles. The minimum absolute atomic E-state index is 0.130. The molecule has 0 aliphatic heterocycles. The highest BCUT2D eigenvalue weighted by atomic mass is 16.3. The molecule has 0 heterocycles. The summed E-state index contributed by atoms with van der Waals surface area (Å²) in [6, 6.07) is 0. The molecule has 0 aromatic rings. The van der Waals surface area contributed by atoms with Gasteiger partial charge in [0.1, 0.15) is 0 Å². The van der Waals surface area contributed by atoms with Gasteiger partial charge in [0.2, 0.25) is 5.91 Å². The first-order chi connectivity index (χ1) is 5.07. The molecule has 0 bridgehead atoms. The van der Waals surface area contributed by atoms with Crippen LogP contribution in [0.15, 0.2) is 0 Å². The van der Waals surface area contributed by atoms with Gasteiger partial charge in [-0.15, -0.1) is 0 Å². The van der Waals surface area contributed by atoms with Gasteiger partial charge in [-0.1, -0.05) is 6.92 Å². The summed E-state index contributed by atoms with van der Waals surface area (Å²) >= 11 is 0. The summed E-state index contributed by atoms with van der Waals surface area (Å²) in [4.78, 5) is 12.6. The second kappa shape index (κ2) is 5.13. The number of rotatable bonds is 4. The summed E-state index contributed by atoms with van der Waals surface area (Å²) in [5, 5.41) is 8.92. The van der Waals surface area contributed by atoms with E-state index in [0.29, 0.717) is 19.4 Å². The number of hydrogen-bond acceptors (Lipinski definition) is 2. The van der Waals surface area contributed by atoms with Crippen LogP contribution in [0.5, 0.6) is 0 Å². The lowest BCUT2D eigenvalue weighted by Crippen LogP contribution is -2.28. The zero-order valence-corrected chi connectivity index (χ0v) is 7.50. The van der Waals surface area contributed by atoms with Crippen LogP contribution in [0, 0.1) is 0 Å². The van der Waals surface area contributed by atoms with Gasteiger partial charge in [0.05, 0.1) is 6.10 Å². The molecule has 0 aromatic carbocycles. The topological polar surface area (TPSA) is 40.5 Å². The van der Waals surface area contributed by atoms with Crippen molar-refractivity contribution in [3.05, 3.63) is 0 Å². The molecule has 3 nitrogen and oxygen atoms in total. The van der Waals surface area contributed by atoms with Gasteiger partial charge in [0, 0.05) is 20.0 Å². The van der Waals surface area contributed by atoms with Crippen LogP contribution in [0.4, 0.5) is 0 Å². The highest BCUT2D eigenvalue weighted by Crippen LogP contribution is 1.95. The number of aliphatic hydroxyl groups is 1. The third-order valence-electron chi connectivity index (χ3n) is 1.61. The first-order valence-electron chi connectivity index (χ1n) is 4.00. The van der Waals surface area contributed by atoms with Crippen LogP contribution in [-0.2, 0) is 4.79 Å². The van der Waals surface area contributed by atoms with E-state index < -0.39 is 0 Å². The third kappa shape index (κ3) is 4.79. The Kier molecular flexibility index (Phi) is 4.86. The summed E-state index contributed by atoms with van der Waals surface area (Å²) in [5.41, 5.74) is 0. The maximum atomic E-state index is 11.0. The van der Waals surface area contributed by atoms with Crippen LogP contribution < -0.4 is 0 Å². The maximum Gasteiger partial charge on any atom is 0.222 e. The molecule has 1 atom stereocenters. The van der Waals surface area contributed by atoms with E-state index in [1.165, 1.54) is 0 Å². The standard InChI is InChI=1S/C8H17NO2/c1-4-8(11)9(3)6-5-7(2)10/h7,10H,4-6H2,1-3H3. The molecule has 0 radical (unpaired) electrons. The van der Waals surface area contributed by atoms with E-state index in [2.05, 4.69) is 0 Å². The van der Waals surface area contributed by atoms with Gasteiger partial charge >= 0.3 is 0 Å². The van der Waals surface area contributed by atoms with E-state index in [9.17, 15) is 4.79 Å². The van der Waals surface area contributed by atoms with Crippen LogP contribution in [0.3, 0.4) is 0 Å². The molecule has 11 heavy (non-hydrogen) atoms. The summed E-state index contributed by atoms with van der Waals surface area (Å²) in [6.07, 6.45) is 0.876. The van der Waals surface area contributed by atoms with Gasteiger partial charge in [0.25, 0.3) is 0 Å². The van der Waals surface area contributed by atoms with Crippen LogP contribution in [-0.4, -0.2) is 35.6 Å². The average molecular weight is 159 g/mol. The highest BCUT2D eigenvalue weighted by Gasteiger charge is 2.05. The van der Waals surface area contributed by atoms with Gasteiger partial charge < -0.3 is 10.0 Å². The summed E-state index contributed by atoms with van der Waals surface area (Å²) in [6.45, 7) is 4.20. The molecule has 0 aliphatic carbocycles. The lowest BCUT2D eigenvalue weighted by atomic mass is 10.2. The Morgan fingerprint density at radius 3 is 2.55 bits per heavy atom. The fourth-order valence-corrected chi connectivity index (χ4v) is 0.775. The van der Waals surface area contributed by atoms with Gasteiger partial charge in [-0.3, -0.25) is 4.79 Å². The first-order valence-corrected chi connectivity index (χ1v) is 4.00. The summed E-state index contributed by atoms with van der Waals surface area (Å²) < 4.78 is 0. The molecule has 66 valence electrons. The Labute approximate surface area is 68.0 Å². The van der Waals surface area contributed by atoms with Crippen LogP contribution >= 0.6 is 0 Å². The number of nitrogens with zero attached hydrogens (tertiary/aromatic N) is 1. The number of hydrogen-bond donors (Lipinski definition) is 1. The monoisotopic (exact) mass is 159 g/mol. The van der Waals surface area contributed by atoms with E-state index in [1.807, 2.05) is 6.92 Å². The molecule has 0 aliphatic rings. The summed E-state index contributed by atoms with van der Waals surface area (Å²) in [5.74, 6) is 0.130. The third-order valence-corrected chi connectivity index (χ3v) is 1.61. The minimum Gasteiger partial charge on any atom is -0.393 e. The van der Waals surface area contributed by atoms with Crippen molar-refractivity contribution in [2.24, 2.45) is 0 Å². The van der Waals surface area contributed by atoms with E-state index in [4.69, 9.17) is 5.11 Å². The molecule has 1 amide bonds. The fraction of sp³-hybridized carbons (Fsp3) is 0.875. The van der Waals surface area contributed by atoms with Crippen molar-refractivity contribution in [2.75, 3.05) is 13.6 Å². The van der Waals surface area contributed by atoms with Crippen LogP contribution in [0.1, 0.15) is 26.7 Å². The predicted octanol–water partition coefficient (Wildman–Crippen LogP) is 0.626. The Balaban J connectivity index is 3.52. The maximum absolute atomic E-state index is 11.0. The lowest BCUT2D eigenvalue weighted by Gasteiger charge is -2.16. The Bertz CT molecular complexity index is 123. The molecule has 0 fully saturated rings. The van der Waals surface area contributed by atoms with Crippen molar-refractivity contribution in [1.29, 1.82) is 0 Å².